The zero-order chi connectivity index (χ0) is 20.1. The number of hydrogen-bond acceptors (Lipinski definition) is 6. The number of carbonyl (C=O) groups excluding carboxylic acids is 1. The van der Waals surface area contributed by atoms with Crippen molar-refractivity contribution in [3.8, 4) is 12.1 Å². The van der Waals surface area contributed by atoms with Gasteiger partial charge >= 0.3 is 0 Å². The number of hydroxylamine groups is 1. The van der Waals surface area contributed by atoms with E-state index in [1.54, 1.807) is 23.3 Å². The Labute approximate surface area is 149 Å². The fraction of sp³-hybridized carbons (Fsp3) is 0.556. The molecule has 0 aromatic carbocycles. The van der Waals surface area contributed by atoms with Gasteiger partial charge in [-0.1, -0.05) is 27.3 Å². The second-order valence-electron chi connectivity index (χ2n) is 6.39. The third-order valence-electron chi connectivity index (χ3n) is 5.08. The van der Waals surface area contributed by atoms with E-state index in [9.17, 15) is 15.3 Å². The Morgan fingerprint density at radius 1 is 1.52 bits per heavy atom. The van der Waals surface area contributed by atoms with Crippen molar-refractivity contribution >= 4 is 5.78 Å². The highest BCUT2D eigenvalue weighted by Gasteiger charge is 2.50. The van der Waals surface area contributed by atoms with Crippen LogP contribution in [0.2, 0.25) is 0 Å². The summed E-state index contributed by atoms with van der Waals surface area (Å²) < 4.78 is 7.36. The van der Waals surface area contributed by atoms with Gasteiger partial charge in [0.1, 0.15) is 17.8 Å². The highest BCUT2D eigenvalue weighted by molar-refractivity contribution is 6.02. The summed E-state index contributed by atoms with van der Waals surface area (Å²) in [6.45, 7) is 3.93. The first-order valence-corrected chi connectivity index (χ1v) is 7.80. The van der Waals surface area contributed by atoms with Crippen molar-refractivity contribution in [3.63, 3.8) is 0 Å². The lowest BCUT2D eigenvalue weighted by atomic mass is 9.58. The van der Waals surface area contributed by atoms with Crippen LogP contribution in [0.4, 0.5) is 0 Å². The van der Waals surface area contributed by atoms with E-state index in [4.69, 9.17) is 6.58 Å². The van der Waals surface area contributed by atoms with Crippen molar-refractivity contribution in [2.24, 2.45) is 18.9 Å². The molecule has 7 nitrogen and oxygen atoms in total. The van der Waals surface area contributed by atoms with Crippen molar-refractivity contribution < 1.29 is 11.4 Å². The molecule has 3 atom stereocenters. The predicted molar refractivity (Wildman–Crippen MR) is 92.5 cm³/mol. The van der Waals surface area contributed by atoms with E-state index in [0.717, 1.165) is 24.1 Å². The fourth-order valence-corrected chi connectivity index (χ4v) is 3.98. The monoisotopic (exact) mass is 345 g/mol. The minimum atomic E-state index is -0.446. The van der Waals surface area contributed by atoms with Crippen molar-refractivity contribution in [2.75, 3.05) is 7.05 Å². The molecule has 0 fully saturated rings. The maximum atomic E-state index is 12.2. The topological polar surface area (TPSA) is 115 Å². The highest BCUT2D eigenvalue weighted by Crippen LogP contribution is 2.49. The van der Waals surface area contributed by atoms with Gasteiger partial charge in [-0.3, -0.25) is 9.48 Å². The Kier molecular flexibility index (Phi) is 5.73. The Morgan fingerprint density at radius 2 is 2.12 bits per heavy atom. The van der Waals surface area contributed by atoms with E-state index in [0.29, 0.717) is 5.69 Å². The molecule has 0 bridgehead atoms. The molecule has 0 radical (unpaired) electrons. The van der Waals surface area contributed by atoms with Crippen LogP contribution in [0.5, 0.6) is 0 Å². The van der Waals surface area contributed by atoms with Crippen LogP contribution in [0.3, 0.4) is 0 Å². The number of carbonyl (C=O) groups is 1. The van der Waals surface area contributed by atoms with Crippen molar-refractivity contribution in [1.29, 1.82) is 10.5 Å². The number of allylic oxidation sites excluding steroid dienone is 2. The lowest BCUT2D eigenvalue weighted by Crippen LogP contribution is -2.45. The van der Waals surface area contributed by atoms with E-state index >= 15 is 0 Å². The number of ketones is 1. The fourth-order valence-electron chi connectivity index (χ4n) is 3.98. The molecule has 0 spiro atoms. The number of aryl methyl sites for hydroxylation is 1. The van der Waals surface area contributed by atoms with Crippen LogP contribution in [-0.2, 0) is 23.7 Å². The van der Waals surface area contributed by atoms with Gasteiger partial charge in [0.25, 0.3) is 0 Å². The molecule has 0 aliphatic heterocycles. The maximum Gasteiger partial charge on any atom is 0.176 e. The number of fused-ring (bicyclic) bond motifs is 3. The first-order valence-electron chi connectivity index (χ1n) is 8.80. The molecule has 1 heterocycles. The lowest BCUT2D eigenvalue weighted by Gasteiger charge is -2.44. The number of hydrogen-bond donors (Lipinski definition) is 2. The average molecular weight is 345 g/mol. The number of Topliss-reactive ketones (excluding diaryl/α,β-unsaturated/α-hetero) is 1. The molecule has 0 saturated carbocycles. The van der Waals surface area contributed by atoms with Gasteiger partial charge in [-0.25, -0.2) is 5.48 Å². The first-order chi connectivity index (χ1) is 12.3. The molecule has 1 aromatic rings. The summed E-state index contributed by atoms with van der Waals surface area (Å²) in [5.74, 6) is -0.119. The van der Waals surface area contributed by atoms with Crippen LogP contribution in [0.25, 0.3) is 0 Å². The summed E-state index contributed by atoms with van der Waals surface area (Å²) in [5, 5.41) is 30.4. The van der Waals surface area contributed by atoms with E-state index < -0.39 is 5.41 Å². The molecule has 2 N–H and O–H groups in total. The quantitative estimate of drug-likeness (QED) is 0.695. The van der Waals surface area contributed by atoms with Gasteiger partial charge in [0.15, 0.2) is 5.78 Å². The van der Waals surface area contributed by atoms with E-state index in [2.05, 4.69) is 11.2 Å². The SMILES string of the molecule is CNO.C[C@@H]1C(=O)C(C#N)=C[C@]2(C)c3nn(C)c(C#N)c3CC[C@@H]12.[3H]C. The van der Waals surface area contributed by atoms with Gasteiger partial charge in [0.05, 0.1) is 11.3 Å². The van der Waals surface area contributed by atoms with E-state index in [1.165, 1.54) is 14.5 Å². The Bertz CT molecular complexity index is 787. The smallest absolute Gasteiger partial charge is 0.176 e. The molecule has 7 heteroatoms. The van der Waals surface area contributed by atoms with Crippen molar-refractivity contribution in [2.45, 2.75) is 39.5 Å². The molecular formula is C18H25N5O2. The standard InChI is InChI=1S/C16H16N4O.CH5NO.CH4/c1-9-12-5-4-11-13(8-18)20(3)19-15(11)16(12,2)6-10(7-17)14(9)21;1-2-3;/h6,9,12H,4-5H2,1-3H3;2-3H,1H3;1H4/t9-,12-,16-;;/m0../s1/i;;1T. The Hall–Kier alpha value is -2.48. The summed E-state index contributed by atoms with van der Waals surface area (Å²) in [6, 6.07) is 4.23. The van der Waals surface area contributed by atoms with Crippen LogP contribution in [0.1, 0.15) is 46.0 Å². The van der Waals surface area contributed by atoms with Crippen LogP contribution in [0, 0.1) is 34.5 Å². The number of nitrogens with one attached hydrogen (secondary N) is 1. The van der Waals surface area contributed by atoms with Gasteiger partial charge in [0.2, 0.25) is 0 Å². The number of nitriles is 2. The predicted octanol–water partition coefficient (Wildman–Crippen LogP) is 2.01. The molecular weight excluding hydrogens is 318 g/mol. The van der Waals surface area contributed by atoms with Crippen LogP contribution in [0.15, 0.2) is 11.6 Å². The van der Waals surface area contributed by atoms with Gasteiger partial charge in [-0.2, -0.15) is 15.6 Å². The van der Waals surface area contributed by atoms with Gasteiger partial charge in [-0.15, -0.1) is 0 Å². The molecule has 0 amide bonds. The van der Waals surface area contributed by atoms with Gasteiger partial charge < -0.3 is 5.21 Å². The van der Waals surface area contributed by atoms with Crippen LogP contribution in [-0.4, -0.2) is 27.8 Å². The molecule has 0 saturated heterocycles. The normalized spacial score (nSPS) is 26.8. The minimum Gasteiger partial charge on any atom is -0.317 e. The van der Waals surface area contributed by atoms with Gasteiger partial charge in [-0.05, 0) is 18.8 Å². The van der Waals surface area contributed by atoms with Crippen molar-refractivity contribution in [3.05, 3.63) is 28.6 Å². The molecule has 134 valence electrons. The summed E-state index contributed by atoms with van der Waals surface area (Å²) in [5.41, 5.74) is 3.93. The Balaban J connectivity index is 0.000000615. The van der Waals surface area contributed by atoms with Gasteiger partial charge in [0, 0.05) is 32.4 Å². The molecule has 2 aliphatic rings. The maximum absolute atomic E-state index is 12.2. The summed E-state index contributed by atoms with van der Waals surface area (Å²) >= 11 is 0. The van der Waals surface area contributed by atoms with Crippen LogP contribution < -0.4 is 5.48 Å². The first kappa shape index (κ1) is 18.9. The lowest BCUT2D eigenvalue weighted by molar-refractivity contribution is -0.121. The van der Waals surface area contributed by atoms with Crippen molar-refractivity contribution in [1.82, 2.24) is 15.3 Å². The number of rotatable bonds is 0. The molecule has 2 aliphatic carbocycles. The second kappa shape index (κ2) is 7.60. The largest absolute Gasteiger partial charge is 0.317 e. The zero-order valence-corrected chi connectivity index (χ0v) is 15.3. The van der Waals surface area contributed by atoms with E-state index in [-0.39, 0.29) is 23.2 Å². The molecule has 0 unspecified atom stereocenters. The summed E-state index contributed by atoms with van der Waals surface area (Å²) in [7, 11) is 4.45. The number of nitrogens with zero attached hydrogens (tertiary/aromatic N) is 4. The van der Waals surface area contributed by atoms with E-state index in [1.807, 2.05) is 19.9 Å². The zero-order valence-electron chi connectivity index (χ0n) is 16.3. The minimum absolute atomic E-state index is 0.0696. The summed E-state index contributed by atoms with van der Waals surface area (Å²) in [6.07, 6.45) is 3.37. The molecule has 25 heavy (non-hydrogen) atoms. The molecule has 1 aromatic heterocycles. The third-order valence-corrected chi connectivity index (χ3v) is 5.08. The number of aromatic nitrogens is 2. The third kappa shape index (κ3) is 3.09. The average Bonchev–Trinajstić information content (AvgIpc) is 2.97. The second-order valence-corrected chi connectivity index (χ2v) is 6.39. The summed E-state index contributed by atoms with van der Waals surface area (Å²) in [4.78, 5) is 12.2. The molecule has 3 rings (SSSR count). The Morgan fingerprint density at radius 3 is 2.64 bits per heavy atom. The highest BCUT2D eigenvalue weighted by atomic mass is 16.5. The van der Waals surface area contributed by atoms with Crippen LogP contribution >= 0.6 is 0 Å².